The first-order chi connectivity index (χ1) is 17.5. The normalized spacial score (nSPS) is 15.8. The lowest BCUT2D eigenvalue weighted by Gasteiger charge is -2.18. The second kappa shape index (κ2) is 12.3. The zero-order chi connectivity index (χ0) is 27.3. The van der Waals surface area contributed by atoms with Crippen molar-refractivity contribution in [1.82, 2.24) is 0 Å². The Hall–Kier alpha value is -2.62. The molecule has 37 heavy (non-hydrogen) atoms. The van der Waals surface area contributed by atoms with E-state index in [0.717, 1.165) is 17.3 Å². The first-order valence-corrected chi connectivity index (χ1v) is 13.8. The quantitative estimate of drug-likeness (QED) is 0.244. The summed E-state index contributed by atoms with van der Waals surface area (Å²) in [6.07, 6.45) is 3.34. The van der Waals surface area contributed by atoms with Crippen LogP contribution in [0.2, 0.25) is 0 Å². The highest BCUT2D eigenvalue weighted by Gasteiger charge is 2.34. The minimum absolute atomic E-state index is 0.0555. The number of benzene rings is 2. The summed E-state index contributed by atoms with van der Waals surface area (Å²) < 4.78 is 12.2. The van der Waals surface area contributed by atoms with Gasteiger partial charge in [-0.2, -0.15) is 0 Å². The molecule has 0 saturated heterocycles. The molecule has 1 amide bonds. The van der Waals surface area contributed by atoms with Crippen LogP contribution in [0, 0.1) is 0 Å². The molecule has 0 bridgehead atoms. The van der Waals surface area contributed by atoms with Crippen LogP contribution in [0.5, 0.6) is 5.75 Å². The fourth-order valence-corrected chi connectivity index (χ4v) is 5.82. The number of ether oxygens (including phenoxy) is 2. The number of hydrogen-bond donors (Lipinski definition) is 1. The molecule has 0 aromatic heterocycles. The van der Waals surface area contributed by atoms with Crippen molar-refractivity contribution in [3.8, 4) is 5.75 Å². The van der Waals surface area contributed by atoms with Crippen molar-refractivity contribution in [2.75, 3.05) is 13.2 Å². The van der Waals surface area contributed by atoms with Crippen LogP contribution in [0.25, 0.3) is 6.08 Å². The van der Waals surface area contributed by atoms with Gasteiger partial charge in [0, 0.05) is 5.56 Å². The zero-order valence-corrected chi connectivity index (χ0v) is 24.9. The molecule has 2 aromatic rings. The number of nitrogens with zero attached hydrogens (tertiary/aromatic N) is 1. The third-order valence-electron chi connectivity index (χ3n) is 5.24. The molecule has 1 aliphatic heterocycles. The van der Waals surface area contributed by atoms with Crippen molar-refractivity contribution in [3.63, 3.8) is 0 Å². The molecule has 2 aromatic carbocycles. The van der Waals surface area contributed by atoms with Gasteiger partial charge in [-0.15, -0.1) is 0 Å². The number of thioether (sulfide) groups is 1. The highest BCUT2D eigenvalue weighted by Crippen LogP contribution is 2.41. The van der Waals surface area contributed by atoms with Crippen molar-refractivity contribution in [3.05, 3.63) is 90.9 Å². The molecule has 1 N–H and O–H groups in total. The molecular weight excluding hydrogens is 622 g/mol. The van der Waals surface area contributed by atoms with E-state index in [4.69, 9.17) is 9.47 Å². The molecule has 0 aliphatic carbocycles. The monoisotopic (exact) mass is 647 g/mol. The van der Waals surface area contributed by atoms with Gasteiger partial charge in [-0.1, -0.05) is 57.3 Å². The second-order valence-electron chi connectivity index (χ2n) is 9.02. The number of aliphatic imine (C=N–C) groups is 1. The summed E-state index contributed by atoms with van der Waals surface area (Å²) in [5, 5.41) is 11.0. The zero-order valence-electron chi connectivity index (χ0n) is 20.9. The lowest BCUT2D eigenvalue weighted by atomic mass is 9.87. The average molecular weight is 649 g/mol. The molecular formula is C28H27Br2NO5S. The van der Waals surface area contributed by atoms with Crippen LogP contribution in [0.1, 0.15) is 49.2 Å². The first kappa shape index (κ1) is 28.9. The van der Waals surface area contributed by atoms with Gasteiger partial charge in [0.15, 0.2) is 0 Å². The smallest absolute Gasteiger partial charge is 0.344 e. The maximum Gasteiger partial charge on any atom is 0.344 e. The maximum atomic E-state index is 13.0. The highest BCUT2D eigenvalue weighted by atomic mass is 79.9. The van der Waals surface area contributed by atoms with Gasteiger partial charge in [0.25, 0.3) is 5.91 Å². The molecule has 3 rings (SSSR count). The highest BCUT2D eigenvalue weighted by molar-refractivity contribution is 9.11. The van der Waals surface area contributed by atoms with Crippen LogP contribution in [0.4, 0.5) is 0 Å². The number of carbonyl (C=O) groups is 2. The van der Waals surface area contributed by atoms with Crippen molar-refractivity contribution in [2.45, 2.75) is 33.1 Å². The number of amides is 1. The van der Waals surface area contributed by atoms with Crippen LogP contribution in [0.15, 0.2) is 79.2 Å². The topological polar surface area (TPSA) is 85.2 Å². The van der Waals surface area contributed by atoms with Crippen LogP contribution < -0.4 is 4.74 Å². The average Bonchev–Trinajstić information content (AvgIpc) is 3.12. The summed E-state index contributed by atoms with van der Waals surface area (Å²) in [6, 6.07) is 10.8. The lowest BCUT2D eigenvalue weighted by molar-refractivity contribution is -0.138. The van der Waals surface area contributed by atoms with Crippen molar-refractivity contribution in [2.24, 2.45) is 4.99 Å². The van der Waals surface area contributed by atoms with E-state index in [1.54, 1.807) is 31.2 Å². The van der Waals surface area contributed by atoms with E-state index in [9.17, 15) is 14.7 Å². The third kappa shape index (κ3) is 7.03. The SMILES string of the molecule is C=CCOc1c(Br)cc(/C=C2/SC(=NC(=O)c3ccc(C(C)(C)C)cc3)C(C(=O)OCC)=C2O)cc1Br. The first-order valence-electron chi connectivity index (χ1n) is 11.4. The molecule has 194 valence electrons. The number of carbonyl (C=O) groups excluding carboxylic acids is 2. The van der Waals surface area contributed by atoms with Crippen molar-refractivity contribution >= 4 is 66.6 Å². The van der Waals surface area contributed by atoms with Gasteiger partial charge < -0.3 is 14.6 Å². The summed E-state index contributed by atoms with van der Waals surface area (Å²) in [7, 11) is 0. The Bertz CT molecular complexity index is 1300. The fraction of sp³-hybridized carbons (Fsp3) is 0.250. The van der Waals surface area contributed by atoms with Gasteiger partial charge in [-0.3, -0.25) is 4.79 Å². The standard InChI is InChI=1S/C28H27Br2NO5S/c1-6-12-36-24-19(29)13-16(14-20(24)30)15-21-23(32)22(27(34)35-7-2)26(37-21)31-25(33)17-8-10-18(11-9-17)28(3,4)5/h6,8-11,13-15,32H,1,7,12H2,2-5H3/b21-15+,31-26?. The van der Waals surface area contributed by atoms with E-state index in [0.29, 0.717) is 37.3 Å². The number of rotatable bonds is 7. The largest absolute Gasteiger partial charge is 0.506 e. The predicted octanol–water partition coefficient (Wildman–Crippen LogP) is 7.78. The maximum absolute atomic E-state index is 13.0. The Balaban J connectivity index is 1.98. The Morgan fingerprint density at radius 3 is 2.30 bits per heavy atom. The Labute approximate surface area is 237 Å². The van der Waals surface area contributed by atoms with E-state index < -0.39 is 11.9 Å². The summed E-state index contributed by atoms with van der Waals surface area (Å²) in [5.74, 6) is -0.954. The van der Waals surface area contributed by atoms with E-state index in [-0.39, 0.29) is 28.4 Å². The molecule has 6 nitrogen and oxygen atoms in total. The summed E-state index contributed by atoms with van der Waals surface area (Å²) in [6.45, 7) is 12.0. The Morgan fingerprint density at radius 1 is 1.14 bits per heavy atom. The van der Waals surface area contributed by atoms with Crippen LogP contribution in [0.3, 0.4) is 0 Å². The molecule has 9 heteroatoms. The number of esters is 1. The summed E-state index contributed by atoms with van der Waals surface area (Å²) >= 11 is 8.01. The van der Waals surface area contributed by atoms with Crippen molar-refractivity contribution in [1.29, 1.82) is 0 Å². The summed E-state index contributed by atoms with van der Waals surface area (Å²) in [5.41, 5.74) is 1.98. The van der Waals surface area contributed by atoms with E-state index in [2.05, 4.69) is 64.2 Å². The Morgan fingerprint density at radius 2 is 1.76 bits per heavy atom. The minimum atomic E-state index is -0.749. The van der Waals surface area contributed by atoms with Crippen molar-refractivity contribution < 1.29 is 24.2 Å². The molecule has 1 aliphatic rings. The van der Waals surface area contributed by atoms with E-state index >= 15 is 0 Å². The van der Waals surface area contributed by atoms with Gasteiger partial charge in [0.2, 0.25) is 0 Å². The van der Waals surface area contributed by atoms with Gasteiger partial charge in [0.05, 0.1) is 20.5 Å². The number of aliphatic hydroxyl groups excluding tert-OH is 1. The number of aliphatic hydroxyl groups is 1. The molecule has 0 fully saturated rings. The molecule has 1 heterocycles. The van der Waals surface area contributed by atoms with Gasteiger partial charge in [-0.05, 0) is 85.7 Å². The second-order valence-corrected chi connectivity index (χ2v) is 11.8. The lowest BCUT2D eigenvalue weighted by Crippen LogP contribution is -2.14. The Kier molecular flexibility index (Phi) is 9.61. The molecule has 0 radical (unpaired) electrons. The molecule has 0 saturated carbocycles. The van der Waals surface area contributed by atoms with Gasteiger partial charge >= 0.3 is 5.97 Å². The van der Waals surface area contributed by atoms with Crippen LogP contribution in [-0.2, 0) is 14.9 Å². The molecule has 0 unspecified atom stereocenters. The molecule has 0 atom stereocenters. The third-order valence-corrected chi connectivity index (χ3v) is 7.43. The van der Waals surface area contributed by atoms with Crippen LogP contribution >= 0.6 is 43.6 Å². The van der Waals surface area contributed by atoms with E-state index in [1.807, 2.05) is 24.3 Å². The minimum Gasteiger partial charge on any atom is -0.506 e. The number of hydrogen-bond acceptors (Lipinski definition) is 6. The molecule has 0 spiro atoms. The fourth-order valence-electron chi connectivity index (χ4n) is 3.36. The predicted molar refractivity (Wildman–Crippen MR) is 156 cm³/mol. The number of halogens is 2. The van der Waals surface area contributed by atoms with Crippen LogP contribution in [-0.4, -0.2) is 35.2 Å². The van der Waals surface area contributed by atoms with E-state index in [1.165, 1.54) is 0 Å². The van der Waals surface area contributed by atoms with Gasteiger partial charge in [-0.25, -0.2) is 9.79 Å². The van der Waals surface area contributed by atoms with Gasteiger partial charge in [0.1, 0.15) is 28.7 Å². The summed E-state index contributed by atoms with van der Waals surface area (Å²) in [4.78, 5) is 30.2.